The maximum Gasteiger partial charge on any atom is 0.258 e. The summed E-state index contributed by atoms with van der Waals surface area (Å²) in [5.74, 6) is 0.962. The van der Waals surface area contributed by atoms with Gasteiger partial charge in [0.05, 0.1) is 11.8 Å². The predicted molar refractivity (Wildman–Crippen MR) is 61.5 cm³/mol. The first-order valence-electron chi connectivity index (χ1n) is 4.82. The third-order valence-electron chi connectivity index (χ3n) is 2.38. The Labute approximate surface area is 97.8 Å². The molecule has 1 aromatic heterocycles. The third kappa shape index (κ3) is 2.32. The van der Waals surface area contributed by atoms with Gasteiger partial charge in [-0.15, -0.1) is 0 Å². The first kappa shape index (κ1) is 10.9. The van der Waals surface area contributed by atoms with Crippen LogP contribution in [0.4, 0.5) is 0 Å². The first-order valence-corrected chi connectivity index (χ1v) is 6.25. The quantitative estimate of drug-likeness (QED) is 0.762. The van der Waals surface area contributed by atoms with Crippen LogP contribution in [0, 0.1) is 0 Å². The van der Waals surface area contributed by atoms with Crippen LogP contribution in [0.5, 0.6) is 0 Å². The lowest BCUT2D eigenvalue weighted by Gasteiger charge is -2.30. The molecule has 1 aliphatic rings. The van der Waals surface area contributed by atoms with Crippen molar-refractivity contribution in [3.63, 3.8) is 0 Å². The molecule has 0 N–H and O–H groups in total. The van der Waals surface area contributed by atoms with Crippen LogP contribution in [0.1, 0.15) is 17.3 Å². The highest BCUT2D eigenvalue weighted by Crippen LogP contribution is 2.23. The lowest BCUT2D eigenvalue weighted by Crippen LogP contribution is -2.40. The zero-order chi connectivity index (χ0) is 10.8. The molecule has 1 aromatic rings. The Balaban J connectivity index is 2.11. The van der Waals surface area contributed by atoms with Gasteiger partial charge in [-0.3, -0.25) is 4.79 Å². The van der Waals surface area contributed by atoms with E-state index in [4.69, 9.17) is 16.0 Å². The van der Waals surface area contributed by atoms with E-state index in [1.54, 1.807) is 6.07 Å². The number of thioether (sulfide) groups is 1. The summed E-state index contributed by atoms with van der Waals surface area (Å²) in [6, 6.07) is 1.62. The summed E-state index contributed by atoms with van der Waals surface area (Å²) in [6.07, 6.45) is 1.44. The van der Waals surface area contributed by atoms with Crippen LogP contribution < -0.4 is 0 Å². The van der Waals surface area contributed by atoms with Crippen molar-refractivity contribution in [2.24, 2.45) is 0 Å². The maximum atomic E-state index is 12.0. The van der Waals surface area contributed by atoms with E-state index in [1.807, 2.05) is 16.7 Å². The molecule has 0 spiro atoms. The molecule has 2 rings (SSSR count). The molecule has 0 radical (unpaired) electrons. The van der Waals surface area contributed by atoms with Crippen LogP contribution in [0.3, 0.4) is 0 Å². The van der Waals surface area contributed by atoms with Gasteiger partial charge in [0.15, 0.2) is 0 Å². The molecule has 5 heteroatoms. The molecular weight excluding hydrogens is 234 g/mol. The predicted octanol–water partition coefficient (Wildman–Crippen LogP) is 2.51. The van der Waals surface area contributed by atoms with E-state index in [0.717, 1.165) is 18.8 Å². The molecule has 0 bridgehead atoms. The Bertz CT molecular complexity index is 366. The number of rotatable bonds is 1. The van der Waals surface area contributed by atoms with Crippen LogP contribution in [0.2, 0.25) is 5.22 Å². The summed E-state index contributed by atoms with van der Waals surface area (Å²) in [7, 11) is 0. The Kier molecular flexibility index (Phi) is 3.26. The van der Waals surface area contributed by atoms with Crippen LogP contribution in [-0.2, 0) is 0 Å². The zero-order valence-electron chi connectivity index (χ0n) is 8.40. The Morgan fingerprint density at radius 2 is 2.53 bits per heavy atom. The fourth-order valence-electron chi connectivity index (χ4n) is 1.62. The summed E-state index contributed by atoms with van der Waals surface area (Å²) < 4.78 is 4.92. The smallest absolute Gasteiger partial charge is 0.258 e. The van der Waals surface area contributed by atoms with Gasteiger partial charge in [-0.1, -0.05) is 6.92 Å². The minimum atomic E-state index is -0.0269. The molecular formula is C10H12ClNO2S. The maximum absolute atomic E-state index is 12.0. The van der Waals surface area contributed by atoms with E-state index in [-0.39, 0.29) is 11.1 Å². The normalized spacial score (nSPS) is 21.7. The number of halogens is 1. The van der Waals surface area contributed by atoms with E-state index >= 15 is 0 Å². The van der Waals surface area contributed by atoms with Gasteiger partial charge in [-0.25, -0.2) is 0 Å². The largest absolute Gasteiger partial charge is 0.452 e. The van der Waals surface area contributed by atoms with Crippen molar-refractivity contribution in [2.75, 3.05) is 18.8 Å². The standard InChI is InChI=1S/C10H12ClNO2S/c1-7-6-12(3-5-15-7)10(13)8-2-4-14-9(8)11/h2,4,7H,3,5-6H2,1H3. The van der Waals surface area contributed by atoms with Gasteiger partial charge in [-0.2, -0.15) is 11.8 Å². The van der Waals surface area contributed by atoms with Crippen LogP contribution in [0.15, 0.2) is 16.7 Å². The topological polar surface area (TPSA) is 33.5 Å². The molecule has 0 aliphatic carbocycles. The van der Waals surface area contributed by atoms with Gasteiger partial charge in [0, 0.05) is 24.1 Å². The highest BCUT2D eigenvalue weighted by molar-refractivity contribution is 7.99. The van der Waals surface area contributed by atoms with E-state index in [9.17, 15) is 4.79 Å². The minimum absolute atomic E-state index is 0.0269. The molecule has 3 nitrogen and oxygen atoms in total. The molecule has 2 heterocycles. The third-order valence-corrected chi connectivity index (χ3v) is 3.81. The molecule has 1 amide bonds. The molecule has 82 valence electrons. The molecule has 0 saturated carbocycles. The number of furan rings is 1. The highest BCUT2D eigenvalue weighted by atomic mass is 35.5. The molecule has 1 atom stereocenters. The van der Waals surface area contributed by atoms with Crippen molar-refractivity contribution in [1.29, 1.82) is 0 Å². The van der Waals surface area contributed by atoms with E-state index in [1.165, 1.54) is 6.26 Å². The van der Waals surface area contributed by atoms with Gasteiger partial charge < -0.3 is 9.32 Å². The summed E-state index contributed by atoms with van der Waals surface area (Å²) >= 11 is 7.66. The number of carbonyl (C=O) groups excluding carboxylic acids is 1. The van der Waals surface area contributed by atoms with Crippen molar-refractivity contribution < 1.29 is 9.21 Å². The second-order valence-corrected chi connectivity index (χ2v) is 5.43. The monoisotopic (exact) mass is 245 g/mol. The van der Waals surface area contributed by atoms with Gasteiger partial charge in [0.1, 0.15) is 0 Å². The van der Waals surface area contributed by atoms with Gasteiger partial charge in [0.2, 0.25) is 5.22 Å². The lowest BCUT2D eigenvalue weighted by molar-refractivity contribution is 0.0762. The van der Waals surface area contributed by atoms with Crippen molar-refractivity contribution in [3.05, 3.63) is 23.1 Å². The number of carbonyl (C=O) groups is 1. The van der Waals surface area contributed by atoms with Crippen LogP contribution in [0.25, 0.3) is 0 Å². The SMILES string of the molecule is CC1CN(C(=O)c2ccoc2Cl)CCS1. The number of nitrogens with zero attached hydrogens (tertiary/aromatic N) is 1. The molecule has 1 unspecified atom stereocenters. The number of hydrogen-bond acceptors (Lipinski definition) is 3. The fraction of sp³-hybridized carbons (Fsp3) is 0.500. The number of amides is 1. The molecule has 1 fully saturated rings. The Morgan fingerprint density at radius 3 is 3.13 bits per heavy atom. The highest BCUT2D eigenvalue weighted by Gasteiger charge is 2.24. The lowest BCUT2D eigenvalue weighted by atomic mass is 10.2. The first-order chi connectivity index (χ1) is 7.18. The second-order valence-electron chi connectivity index (χ2n) is 3.54. The Hall–Kier alpha value is -0.610. The van der Waals surface area contributed by atoms with E-state index < -0.39 is 0 Å². The Morgan fingerprint density at radius 1 is 1.73 bits per heavy atom. The van der Waals surface area contributed by atoms with E-state index in [2.05, 4.69) is 6.92 Å². The average molecular weight is 246 g/mol. The summed E-state index contributed by atoms with van der Waals surface area (Å²) in [5.41, 5.74) is 0.468. The average Bonchev–Trinajstić information content (AvgIpc) is 2.63. The van der Waals surface area contributed by atoms with Crippen molar-refractivity contribution >= 4 is 29.3 Å². The molecule has 15 heavy (non-hydrogen) atoms. The van der Waals surface area contributed by atoms with Crippen molar-refractivity contribution in [2.45, 2.75) is 12.2 Å². The second kappa shape index (κ2) is 4.49. The zero-order valence-corrected chi connectivity index (χ0v) is 9.98. The molecule has 1 saturated heterocycles. The van der Waals surface area contributed by atoms with Crippen molar-refractivity contribution in [3.8, 4) is 0 Å². The van der Waals surface area contributed by atoms with Gasteiger partial charge in [0.25, 0.3) is 5.91 Å². The summed E-state index contributed by atoms with van der Waals surface area (Å²) in [4.78, 5) is 13.8. The molecule has 1 aliphatic heterocycles. The molecule has 0 aromatic carbocycles. The van der Waals surface area contributed by atoms with Gasteiger partial charge in [-0.05, 0) is 17.7 Å². The minimum Gasteiger partial charge on any atom is -0.452 e. The summed E-state index contributed by atoms with van der Waals surface area (Å²) in [6.45, 7) is 3.70. The van der Waals surface area contributed by atoms with Crippen molar-refractivity contribution in [1.82, 2.24) is 4.90 Å². The fourth-order valence-corrected chi connectivity index (χ4v) is 2.83. The van der Waals surface area contributed by atoms with E-state index in [0.29, 0.717) is 10.8 Å². The summed E-state index contributed by atoms with van der Waals surface area (Å²) in [5, 5.41) is 0.680. The number of hydrogen-bond donors (Lipinski definition) is 0. The van der Waals surface area contributed by atoms with Gasteiger partial charge >= 0.3 is 0 Å². The van der Waals surface area contributed by atoms with Crippen LogP contribution >= 0.6 is 23.4 Å². The van der Waals surface area contributed by atoms with Crippen LogP contribution in [-0.4, -0.2) is 34.9 Å².